The van der Waals surface area contributed by atoms with Crippen molar-refractivity contribution in [2.75, 3.05) is 7.11 Å². The molecule has 0 saturated heterocycles. The first-order valence-electron chi connectivity index (χ1n) is 10.2. The van der Waals surface area contributed by atoms with E-state index in [2.05, 4.69) is 21.7 Å². The molecule has 2 atom stereocenters. The molecule has 0 fully saturated rings. The lowest BCUT2D eigenvalue weighted by atomic mass is 9.72. The molecular formula is C27H21BrO3S. The summed E-state index contributed by atoms with van der Waals surface area (Å²) in [5, 5.41) is -0.430. The molecule has 0 radical (unpaired) electrons. The maximum Gasteiger partial charge on any atom is 0.321 e. The number of ether oxygens (including phenoxy) is 1. The van der Waals surface area contributed by atoms with Gasteiger partial charge in [0.1, 0.15) is 0 Å². The Morgan fingerprint density at radius 3 is 2.47 bits per heavy atom. The fourth-order valence-electron chi connectivity index (χ4n) is 3.92. The molecule has 0 saturated carbocycles. The van der Waals surface area contributed by atoms with Gasteiger partial charge in [-0.15, -0.1) is 17.5 Å². The zero-order valence-corrected chi connectivity index (χ0v) is 19.9. The molecule has 3 aromatic carbocycles. The van der Waals surface area contributed by atoms with E-state index in [1.54, 1.807) is 12.1 Å². The van der Waals surface area contributed by atoms with Crippen LogP contribution in [0.5, 0.6) is 0 Å². The third kappa shape index (κ3) is 4.24. The Labute approximate surface area is 200 Å². The number of fused-ring (bicyclic) bond motifs is 1. The van der Waals surface area contributed by atoms with Crippen LogP contribution in [-0.2, 0) is 9.53 Å². The summed E-state index contributed by atoms with van der Waals surface area (Å²) in [5.41, 5.74) is 4.21. The molecule has 0 bridgehead atoms. The van der Waals surface area contributed by atoms with Gasteiger partial charge >= 0.3 is 5.97 Å². The van der Waals surface area contributed by atoms with Crippen molar-refractivity contribution in [1.82, 2.24) is 0 Å². The zero-order valence-electron chi connectivity index (χ0n) is 17.5. The summed E-state index contributed by atoms with van der Waals surface area (Å²) in [7, 11) is 1.34. The van der Waals surface area contributed by atoms with Gasteiger partial charge in [0.05, 0.1) is 12.4 Å². The van der Waals surface area contributed by atoms with Gasteiger partial charge < -0.3 is 4.74 Å². The first-order valence-corrected chi connectivity index (χ1v) is 11.8. The van der Waals surface area contributed by atoms with E-state index in [9.17, 15) is 9.59 Å². The molecule has 0 aliphatic carbocycles. The van der Waals surface area contributed by atoms with Crippen LogP contribution in [0.2, 0.25) is 0 Å². The number of rotatable bonds is 5. The molecule has 2 unspecified atom stereocenters. The Morgan fingerprint density at radius 1 is 1.06 bits per heavy atom. The summed E-state index contributed by atoms with van der Waals surface area (Å²) < 4.78 is 6.16. The second-order valence-electron chi connectivity index (χ2n) is 7.47. The average molecular weight is 505 g/mol. The van der Waals surface area contributed by atoms with E-state index < -0.39 is 16.6 Å². The van der Waals surface area contributed by atoms with Gasteiger partial charge in [0.2, 0.25) is 0 Å². The molecular weight excluding hydrogens is 484 g/mol. The van der Waals surface area contributed by atoms with Crippen molar-refractivity contribution in [3.63, 3.8) is 0 Å². The first-order chi connectivity index (χ1) is 15.6. The molecule has 0 aromatic heterocycles. The van der Waals surface area contributed by atoms with Gasteiger partial charge in [-0.25, -0.2) is 0 Å². The lowest BCUT2D eigenvalue weighted by Gasteiger charge is -2.40. The van der Waals surface area contributed by atoms with E-state index >= 15 is 0 Å². The van der Waals surface area contributed by atoms with Gasteiger partial charge in [0.25, 0.3) is 0 Å². The monoisotopic (exact) mass is 504 g/mol. The van der Waals surface area contributed by atoms with Crippen molar-refractivity contribution in [3.8, 4) is 0 Å². The Hall–Kier alpha value is -2.85. The van der Waals surface area contributed by atoms with Gasteiger partial charge in [-0.3, -0.25) is 9.59 Å². The van der Waals surface area contributed by atoms with Crippen LogP contribution in [0.25, 0.3) is 6.08 Å². The topological polar surface area (TPSA) is 43.4 Å². The molecule has 5 heteroatoms. The second kappa shape index (κ2) is 9.74. The zero-order chi connectivity index (χ0) is 22.6. The maximum absolute atomic E-state index is 13.9. The lowest BCUT2D eigenvalue weighted by Crippen LogP contribution is -2.46. The number of allylic oxidation sites excluding steroid dienone is 1. The number of carbonyl (C=O) groups excluding carboxylic acids is 2. The number of ketones is 1. The van der Waals surface area contributed by atoms with Crippen molar-refractivity contribution in [2.24, 2.45) is 5.41 Å². The molecule has 0 N–H and O–H groups in total. The van der Waals surface area contributed by atoms with E-state index in [1.165, 1.54) is 18.9 Å². The predicted molar refractivity (Wildman–Crippen MR) is 132 cm³/mol. The summed E-state index contributed by atoms with van der Waals surface area (Å²) in [6.07, 6.45) is 3.79. The fraction of sp³-hybridized carbons (Fsp3) is 0.148. The van der Waals surface area contributed by atoms with E-state index in [4.69, 9.17) is 4.74 Å². The van der Waals surface area contributed by atoms with Crippen molar-refractivity contribution in [3.05, 3.63) is 112 Å². The van der Waals surface area contributed by atoms with E-state index in [0.717, 1.165) is 20.5 Å². The average Bonchev–Trinajstić information content (AvgIpc) is 2.83. The minimum Gasteiger partial charge on any atom is -0.468 e. The lowest BCUT2D eigenvalue weighted by molar-refractivity contribution is -0.149. The standard InChI is InChI=1S/C27H21BrO3S/c1-31-26(30)27(18-8-7-11-19-9-3-2-4-10-19)24(29)22-12-5-6-13-23(22)32-25(27)20-14-16-21(28)17-15-20/h2-6,8-17,25H,18H2,1H3. The number of hydrogen-bond donors (Lipinski definition) is 0. The SMILES string of the molecule is COC(=O)C1(CC=C=Cc2ccccc2)C(=O)c2ccccc2SC1c1ccc(Br)cc1. The second-order valence-corrected chi connectivity index (χ2v) is 9.53. The Balaban J connectivity index is 1.83. The molecule has 0 spiro atoms. The molecule has 1 aliphatic rings. The number of carbonyl (C=O) groups is 2. The minimum absolute atomic E-state index is 0.184. The van der Waals surface area contributed by atoms with Crippen LogP contribution < -0.4 is 0 Å². The highest BCUT2D eigenvalue weighted by molar-refractivity contribution is 9.10. The summed E-state index contributed by atoms with van der Waals surface area (Å²) >= 11 is 5.00. The maximum atomic E-state index is 13.9. The van der Waals surface area contributed by atoms with Crippen molar-refractivity contribution >= 4 is 45.5 Å². The Kier molecular flexibility index (Phi) is 6.80. The predicted octanol–water partition coefficient (Wildman–Crippen LogP) is 6.90. The van der Waals surface area contributed by atoms with Gasteiger partial charge in [0.15, 0.2) is 11.2 Å². The summed E-state index contributed by atoms with van der Waals surface area (Å²) in [5.74, 6) is -0.750. The third-order valence-electron chi connectivity index (χ3n) is 5.54. The number of esters is 1. The third-order valence-corrected chi connectivity index (χ3v) is 7.59. The van der Waals surface area contributed by atoms with Crippen LogP contribution in [0, 0.1) is 5.41 Å². The van der Waals surface area contributed by atoms with E-state index in [1.807, 2.05) is 78.9 Å². The summed E-state index contributed by atoms with van der Waals surface area (Å²) in [6.45, 7) is 0. The highest BCUT2D eigenvalue weighted by Gasteiger charge is 2.56. The van der Waals surface area contributed by atoms with Crippen LogP contribution in [0.1, 0.15) is 33.2 Å². The number of thioether (sulfide) groups is 1. The molecule has 32 heavy (non-hydrogen) atoms. The molecule has 160 valence electrons. The van der Waals surface area contributed by atoms with E-state index in [0.29, 0.717) is 5.56 Å². The van der Waals surface area contributed by atoms with Crippen molar-refractivity contribution < 1.29 is 14.3 Å². The number of Topliss-reactive ketones (excluding diaryl/α,β-unsaturated/α-hetero) is 1. The fourth-order valence-corrected chi connectivity index (χ4v) is 5.68. The molecule has 3 nitrogen and oxygen atoms in total. The number of benzene rings is 3. The Morgan fingerprint density at radius 2 is 1.75 bits per heavy atom. The molecule has 1 aliphatic heterocycles. The van der Waals surface area contributed by atoms with Gasteiger partial charge in [-0.1, -0.05) is 76.6 Å². The molecule has 1 heterocycles. The summed E-state index contributed by atoms with van der Waals surface area (Å²) in [4.78, 5) is 28.0. The molecule has 0 amide bonds. The smallest absolute Gasteiger partial charge is 0.321 e. The van der Waals surface area contributed by atoms with Crippen LogP contribution in [0.15, 0.2) is 100 Å². The number of halogens is 1. The van der Waals surface area contributed by atoms with E-state index in [-0.39, 0.29) is 12.2 Å². The quantitative estimate of drug-likeness (QED) is 0.215. The molecule has 3 aromatic rings. The number of hydrogen-bond acceptors (Lipinski definition) is 4. The van der Waals surface area contributed by atoms with Gasteiger partial charge in [0, 0.05) is 14.9 Å². The summed E-state index contributed by atoms with van der Waals surface area (Å²) in [6, 6.07) is 25.0. The van der Waals surface area contributed by atoms with Crippen LogP contribution in [0.3, 0.4) is 0 Å². The van der Waals surface area contributed by atoms with Crippen molar-refractivity contribution in [2.45, 2.75) is 16.6 Å². The van der Waals surface area contributed by atoms with Crippen LogP contribution in [0.4, 0.5) is 0 Å². The normalized spacial score (nSPS) is 19.4. The first kappa shape index (κ1) is 22.3. The minimum atomic E-state index is -1.39. The molecule has 4 rings (SSSR count). The Bertz CT molecular complexity index is 1200. The van der Waals surface area contributed by atoms with Crippen LogP contribution >= 0.6 is 27.7 Å². The highest BCUT2D eigenvalue weighted by Crippen LogP contribution is 2.56. The largest absolute Gasteiger partial charge is 0.468 e. The van der Waals surface area contributed by atoms with Crippen LogP contribution in [-0.4, -0.2) is 18.9 Å². The van der Waals surface area contributed by atoms with Crippen molar-refractivity contribution in [1.29, 1.82) is 0 Å². The highest BCUT2D eigenvalue weighted by atomic mass is 79.9. The van der Waals surface area contributed by atoms with Gasteiger partial charge in [-0.05, 0) is 47.9 Å². The van der Waals surface area contributed by atoms with Gasteiger partial charge in [-0.2, -0.15) is 0 Å². The number of methoxy groups -OCH3 is 1.